The molecular weight excluding hydrogens is 608 g/mol. The number of ketones is 1. The summed E-state index contributed by atoms with van der Waals surface area (Å²) in [6, 6.07) is 11.4. The van der Waals surface area contributed by atoms with E-state index in [0.29, 0.717) is 142 Å². The Balaban J connectivity index is 1.28. The molecule has 11 nitrogen and oxygen atoms in total. The van der Waals surface area contributed by atoms with Crippen molar-refractivity contribution in [3.63, 3.8) is 0 Å². The Labute approximate surface area is 276 Å². The molecule has 0 unspecified atom stereocenters. The molecule has 1 saturated carbocycles. The SMILES string of the molecule is O=C1/C(=C/c2ccc3c(c2)OCCOCCOCCOCCO3)CCC/C1=C\c1ccc2c(c1)OCCOCCOCCOCCO2. The molecule has 2 aliphatic heterocycles. The van der Waals surface area contributed by atoms with E-state index in [2.05, 4.69) is 0 Å². The summed E-state index contributed by atoms with van der Waals surface area (Å²) in [7, 11) is 0. The lowest BCUT2D eigenvalue weighted by Gasteiger charge is -2.18. The first kappa shape index (κ1) is 34.9. The first-order valence-electron chi connectivity index (χ1n) is 16.5. The molecule has 256 valence electrons. The van der Waals surface area contributed by atoms with Gasteiger partial charge in [0.2, 0.25) is 0 Å². The van der Waals surface area contributed by atoms with Gasteiger partial charge in [0, 0.05) is 11.1 Å². The molecule has 3 aliphatic rings. The summed E-state index contributed by atoms with van der Waals surface area (Å²) < 4.78 is 57.2. The molecule has 0 amide bonds. The van der Waals surface area contributed by atoms with E-state index in [-0.39, 0.29) is 5.78 Å². The highest BCUT2D eigenvalue weighted by Crippen LogP contribution is 2.34. The number of hydrogen-bond acceptors (Lipinski definition) is 11. The molecule has 0 atom stereocenters. The molecule has 0 bridgehead atoms. The minimum atomic E-state index is 0.0402. The molecule has 0 saturated heterocycles. The van der Waals surface area contributed by atoms with Gasteiger partial charge in [-0.15, -0.1) is 0 Å². The highest BCUT2D eigenvalue weighted by Gasteiger charge is 2.21. The van der Waals surface area contributed by atoms with Crippen molar-refractivity contribution in [1.29, 1.82) is 0 Å². The molecule has 2 aromatic carbocycles. The third kappa shape index (κ3) is 11.9. The smallest absolute Gasteiger partial charge is 0.185 e. The quantitative estimate of drug-likeness (QED) is 0.426. The summed E-state index contributed by atoms with van der Waals surface area (Å²) in [6.45, 7) is 7.27. The number of hydrogen-bond donors (Lipinski definition) is 0. The van der Waals surface area contributed by atoms with Crippen LogP contribution in [0.4, 0.5) is 0 Å². The minimum Gasteiger partial charge on any atom is -0.487 e. The fraction of sp³-hybridized carbons (Fsp3) is 0.528. The maximum atomic E-state index is 13.7. The summed E-state index contributed by atoms with van der Waals surface area (Å²) in [5.41, 5.74) is 3.25. The number of Topliss-reactive ketones (excluding diaryl/α,β-unsaturated/α-hetero) is 1. The van der Waals surface area contributed by atoms with Crippen LogP contribution in [0, 0.1) is 0 Å². The Morgan fingerprint density at radius 2 is 0.723 bits per heavy atom. The Morgan fingerprint density at radius 3 is 1.09 bits per heavy atom. The minimum absolute atomic E-state index is 0.0402. The summed E-state index contributed by atoms with van der Waals surface area (Å²) in [4.78, 5) is 13.7. The zero-order valence-corrected chi connectivity index (χ0v) is 27.0. The molecule has 1 aliphatic carbocycles. The van der Waals surface area contributed by atoms with Crippen LogP contribution in [0.5, 0.6) is 23.0 Å². The van der Waals surface area contributed by atoms with E-state index in [1.165, 1.54) is 0 Å². The largest absolute Gasteiger partial charge is 0.487 e. The second kappa shape index (κ2) is 20.0. The van der Waals surface area contributed by atoms with Crippen molar-refractivity contribution in [3.8, 4) is 23.0 Å². The van der Waals surface area contributed by atoms with Gasteiger partial charge in [0.25, 0.3) is 0 Å². The average molecular weight is 655 g/mol. The van der Waals surface area contributed by atoms with Gasteiger partial charge in [-0.25, -0.2) is 0 Å². The lowest BCUT2D eigenvalue weighted by atomic mass is 9.87. The molecule has 47 heavy (non-hydrogen) atoms. The van der Waals surface area contributed by atoms with Gasteiger partial charge in [-0.3, -0.25) is 4.79 Å². The monoisotopic (exact) mass is 654 g/mol. The lowest BCUT2D eigenvalue weighted by molar-refractivity contribution is -0.112. The van der Waals surface area contributed by atoms with Gasteiger partial charge in [0.1, 0.15) is 26.4 Å². The number of fused-ring (bicyclic) bond motifs is 2. The van der Waals surface area contributed by atoms with E-state index in [9.17, 15) is 4.79 Å². The number of ether oxygens (including phenoxy) is 10. The zero-order valence-electron chi connectivity index (χ0n) is 27.0. The number of carbonyl (C=O) groups is 1. The van der Waals surface area contributed by atoms with Gasteiger partial charge in [-0.1, -0.05) is 12.1 Å². The predicted molar refractivity (Wildman–Crippen MR) is 175 cm³/mol. The standard InChI is InChI=1S/C36H46O11/c37-36-30(24-28-4-6-32-34(26-28)46-22-18-42-14-10-38-8-12-40-16-20-44-32)2-1-3-31(36)25-29-5-7-33-35(27-29)47-23-19-43-15-11-39-9-13-41-17-21-45-33/h4-7,24-27H,1-3,8-23H2/b30-24+,31-25+. The van der Waals surface area contributed by atoms with Crippen molar-refractivity contribution in [2.24, 2.45) is 0 Å². The molecule has 1 fully saturated rings. The fourth-order valence-electron chi connectivity index (χ4n) is 5.20. The zero-order chi connectivity index (χ0) is 32.4. The maximum absolute atomic E-state index is 13.7. The molecule has 0 aromatic heterocycles. The van der Waals surface area contributed by atoms with Crippen LogP contribution < -0.4 is 18.9 Å². The van der Waals surface area contributed by atoms with Gasteiger partial charge in [0.15, 0.2) is 28.8 Å². The molecule has 5 rings (SSSR count). The Morgan fingerprint density at radius 1 is 0.404 bits per heavy atom. The van der Waals surface area contributed by atoms with E-state index < -0.39 is 0 Å². The summed E-state index contributed by atoms with van der Waals surface area (Å²) in [6.07, 6.45) is 6.17. The van der Waals surface area contributed by atoms with Crippen LogP contribution in [-0.2, 0) is 33.2 Å². The van der Waals surface area contributed by atoms with Crippen molar-refractivity contribution in [1.82, 2.24) is 0 Å². The number of allylic oxidation sites excluding steroid dienone is 2. The topological polar surface area (TPSA) is 109 Å². The van der Waals surface area contributed by atoms with E-state index in [0.717, 1.165) is 28.7 Å². The van der Waals surface area contributed by atoms with Crippen LogP contribution in [0.15, 0.2) is 47.5 Å². The van der Waals surface area contributed by atoms with Crippen molar-refractivity contribution in [3.05, 3.63) is 58.7 Å². The third-order valence-corrected chi connectivity index (χ3v) is 7.52. The predicted octanol–water partition coefficient (Wildman–Crippen LogP) is 4.55. The Bertz CT molecular complexity index is 1220. The normalized spacial score (nSPS) is 22.0. The number of rotatable bonds is 2. The van der Waals surface area contributed by atoms with Gasteiger partial charge in [0.05, 0.1) is 79.3 Å². The van der Waals surface area contributed by atoms with Crippen molar-refractivity contribution in [2.45, 2.75) is 19.3 Å². The van der Waals surface area contributed by atoms with Gasteiger partial charge < -0.3 is 47.4 Å². The molecule has 0 spiro atoms. The maximum Gasteiger partial charge on any atom is 0.185 e. The molecule has 0 N–H and O–H groups in total. The van der Waals surface area contributed by atoms with Crippen LogP contribution in [0.3, 0.4) is 0 Å². The second-order valence-corrected chi connectivity index (χ2v) is 11.0. The lowest BCUT2D eigenvalue weighted by Crippen LogP contribution is -2.13. The van der Waals surface area contributed by atoms with E-state index >= 15 is 0 Å². The van der Waals surface area contributed by atoms with Crippen molar-refractivity contribution >= 4 is 17.9 Å². The Hall–Kier alpha value is -3.45. The van der Waals surface area contributed by atoms with E-state index in [1.807, 2.05) is 48.6 Å². The van der Waals surface area contributed by atoms with Gasteiger partial charge in [-0.05, 0) is 66.8 Å². The summed E-state index contributed by atoms with van der Waals surface area (Å²) in [5, 5.41) is 0. The second-order valence-electron chi connectivity index (χ2n) is 11.0. The van der Waals surface area contributed by atoms with Gasteiger partial charge in [-0.2, -0.15) is 0 Å². The fourth-order valence-corrected chi connectivity index (χ4v) is 5.20. The van der Waals surface area contributed by atoms with Gasteiger partial charge >= 0.3 is 0 Å². The van der Waals surface area contributed by atoms with Crippen LogP contribution in [-0.4, -0.2) is 111 Å². The van der Waals surface area contributed by atoms with E-state index in [4.69, 9.17) is 47.4 Å². The van der Waals surface area contributed by atoms with Crippen molar-refractivity contribution in [2.75, 3.05) is 106 Å². The molecule has 11 heteroatoms. The molecule has 0 radical (unpaired) electrons. The van der Waals surface area contributed by atoms with E-state index in [1.54, 1.807) is 0 Å². The van der Waals surface area contributed by atoms with Crippen LogP contribution >= 0.6 is 0 Å². The summed E-state index contributed by atoms with van der Waals surface area (Å²) >= 11 is 0. The van der Waals surface area contributed by atoms with Crippen LogP contribution in [0.25, 0.3) is 12.2 Å². The molecule has 2 heterocycles. The highest BCUT2D eigenvalue weighted by molar-refractivity contribution is 6.14. The van der Waals surface area contributed by atoms with Crippen LogP contribution in [0.1, 0.15) is 30.4 Å². The Kier molecular flexibility index (Phi) is 14.9. The van der Waals surface area contributed by atoms with Crippen molar-refractivity contribution < 1.29 is 52.2 Å². The highest BCUT2D eigenvalue weighted by atomic mass is 16.6. The molecule has 2 aromatic rings. The molecular formula is C36H46O11. The third-order valence-electron chi connectivity index (χ3n) is 7.52. The van der Waals surface area contributed by atoms with Crippen LogP contribution in [0.2, 0.25) is 0 Å². The first-order valence-corrected chi connectivity index (χ1v) is 16.5. The summed E-state index contributed by atoms with van der Waals surface area (Å²) in [5.74, 6) is 2.48. The average Bonchev–Trinajstić information content (AvgIpc) is 3.09. The number of carbonyl (C=O) groups excluding carboxylic acids is 1. The first-order chi connectivity index (χ1) is 23.3. The number of benzene rings is 2.